The number of nitrogens with zero attached hydrogens (tertiary/aromatic N) is 6. The first-order valence-electron chi connectivity index (χ1n) is 10.5. The Hall–Kier alpha value is -4.34. The van der Waals surface area contributed by atoms with Crippen LogP contribution in [0, 0.1) is 5.92 Å². The summed E-state index contributed by atoms with van der Waals surface area (Å²) in [5, 5.41) is 18.8. The Morgan fingerprint density at radius 1 is 1.09 bits per heavy atom. The Labute approximate surface area is 190 Å². The van der Waals surface area contributed by atoms with Crippen molar-refractivity contribution in [2.45, 2.75) is 12.8 Å². The van der Waals surface area contributed by atoms with E-state index in [0.717, 1.165) is 18.4 Å². The monoisotopic (exact) mass is 442 g/mol. The number of ketones is 1. The SMILES string of the molecule is COc1c(Nc2cc(Nc3cccnn3)ncc2C(=O)C2CC2)cccc1-c1ncn(C)n1. The molecule has 0 bridgehead atoms. The van der Waals surface area contributed by atoms with Gasteiger partial charge in [-0.3, -0.25) is 9.48 Å². The van der Waals surface area contributed by atoms with E-state index in [1.54, 1.807) is 48.7 Å². The largest absolute Gasteiger partial charge is 0.494 e. The summed E-state index contributed by atoms with van der Waals surface area (Å²) in [6.07, 6.45) is 6.63. The third-order valence-corrected chi connectivity index (χ3v) is 5.27. The van der Waals surface area contributed by atoms with Gasteiger partial charge in [0.25, 0.3) is 0 Å². The molecule has 0 unspecified atom stereocenters. The van der Waals surface area contributed by atoms with Crippen LogP contribution in [0.3, 0.4) is 0 Å². The molecule has 0 atom stereocenters. The van der Waals surface area contributed by atoms with Crippen LogP contribution in [0.5, 0.6) is 5.75 Å². The Morgan fingerprint density at radius 3 is 2.67 bits per heavy atom. The summed E-state index contributed by atoms with van der Waals surface area (Å²) in [5.74, 6) is 2.35. The highest BCUT2D eigenvalue weighted by molar-refractivity contribution is 6.04. The number of anilines is 4. The number of aryl methyl sites for hydroxylation is 1. The van der Waals surface area contributed by atoms with Crippen LogP contribution in [0.15, 0.2) is 55.1 Å². The van der Waals surface area contributed by atoms with E-state index in [9.17, 15) is 4.79 Å². The highest BCUT2D eigenvalue weighted by atomic mass is 16.5. The summed E-state index contributed by atoms with van der Waals surface area (Å²) in [5.41, 5.74) is 2.58. The maximum absolute atomic E-state index is 13.0. The lowest BCUT2D eigenvalue weighted by Crippen LogP contribution is -2.09. The zero-order valence-corrected chi connectivity index (χ0v) is 18.2. The number of hydrogen-bond acceptors (Lipinski definition) is 9. The Morgan fingerprint density at radius 2 is 1.97 bits per heavy atom. The number of aromatic nitrogens is 6. The average molecular weight is 442 g/mol. The molecule has 0 aliphatic heterocycles. The summed E-state index contributed by atoms with van der Waals surface area (Å²) >= 11 is 0. The van der Waals surface area contributed by atoms with E-state index >= 15 is 0 Å². The van der Waals surface area contributed by atoms with Crippen molar-refractivity contribution < 1.29 is 9.53 Å². The van der Waals surface area contributed by atoms with Crippen molar-refractivity contribution in [3.05, 3.63) is 60.7 Å². The molecule has 1 aromatic carbocycles. The number of nitrogens with one attached hydrogen (secondary N) is 2. The second-order valence-corrected chi connectivity index (χ2v) is 7.74. The van der Waals surface area contributed by atoms with Crippen LogP contribution in [0.1, 0.15) is 23.2 Å². The van der Waals surface area contributed by atoms with E-state index in [4.69, 9.17) is 4.74 Å². The predicted molar refractivity (Wildman–Crippen MR) is 123 cm³/mol. The number of benzene rings is 1. The van der Waals surface area contributed by atoms with Gasteiger partial charge in [-0.15, -0.1) is 5.10 Å². The van der Waals surface area contributed by atoms with Crippen LogP contribution < -0.4 is 15.4 Å². The molecule has 0 saturated heterocycles. The van der Waals surface area contributed by atoms with Gasteiger partial charge in [-0.05, 0) is 37.1 Å². The Balaban J connectivity index is 1.53. The molecule has 10 nitrogen and oxygen atoms in total. The Bertz CT molecular complexity index is 1300. The van der Waals surface area contributed by atoms with Crippen molar-refractivity contribution >= 4 is 28.8 Å². The molecule has 1 saturated carbocycles. The van der Waals surface area contributed by atoms with Crippen LogP contribution in [0.25, 0.3) is 11.4 Å². The topological polar surface area (TPSA) is 120 Å². The summed E-state index contributed by atoms with van der Waals surface area (Å²) < 4.78 is 7.35. The number of para-hydroxylation sites is 1. The van der Waals surface area contributed by atoms with Gasteiger partial charge in [-0.25, -0.2) is 9.97 Å². The first kappa shape index (κ1) is 20.6. The molecule has 3 heterocycles. The number of ether oxygens (including phenoxy) is 1. The maximum Gasteiger partial charge on any atom is 0.184 e. The number of rotatable bonds is 8. The normalized spacial score (nSPS) is 12.9. The van der Waals surface area contributed by atoms with Gasteiger partial charge in [-0.1, -0.05) is 6.07 Å². The Kier molecular flexibility index (Phi) is 5.39. The fourth-order valence-electron chi connectivity index (χ4n) is 3.53. The molecule has 1 fully saturated rings. The molecule has 1 aliphatic carbocycles. The van der Waals surface area contributed by atoms with Gasteiger partial charge >= 0.3 is 0 Å². The van der Waals surface area contributed by atoms with Gasteiger partial charge in [0.1, 0.15) is 12.1 Å². The highest BCUT2D eigenvalue weighted by Crippen LogP contribution is 2.39. The molecule has 10 heteroatoms. The lowest BCUT2D eigenvalue weighted by molar-refractivity contribution is 0.0968. The number of Topliss-reactive ketones (excluding diaryl/α,β-unsaturated/α-hetero) is 1. The standard InChI is InChI=1S/C23H22N8O2/c1-31-13-25-23(30-31)15-5-3-6-17(22(15)33-2)27-18-11-20(28-19-7-4-10-26-29-19)24-12-16(18)21(32)14-8-9-14/h3-7,10-14H,8-9H2,1-2H3,(H2,24,27,28,29). The molecule has 2 N–H and O–H groups in total. The van der Waals surface area contributed by atoms with Crippen molar-refractivity contribution in [1.82, 2.24) is 29.9 Å². The number of methoxy groups -OCH3 is 1. The minimum Gasteiger partial charge on any atom is -0.494 e. The van der Waals surface area contributed by atoms with Gasteiger partial charge in [0.2, 0.25) is 0 Å². The van der Waals surface area contributed by atoms with Crippen LogP contribution in [-0.4, -0.2) is 42.8 Å². The van der Waals surface area contributed by atoms with Gasteiger partial charge in [0.15, 0.2) is 23.2 Å². The van der Waals surface area contributed by atoms with E-state index in [-0.39, 0.29) is 11.7 Å². The predicted octanol–water partition coefficient (Wildman–Crippen LogP) is 3.76. The lowest BCUT2D eigenvalue weighted by atomic mass is 10.1. The molecule has 0 amide bonds. The first-order valence-corrected chi connectivity index (χ1v) is 10.5. The molecule has 1 aliphatic rings. The van der Waals surface area contributed by atoms with E-state index in [1.807, 2.05) is 25.2 Å². The zero-order chi connectivity index (χ0) is 22.8. The fraction of sp³-hybridized carbons (Fsp3) is 0.217. The third kappa shape index (κ3) is 4.36. The number of hydrogen-bond donors (Lipinski definition) is 2. The maximum atomic E-state index is 13.0. The molecule has 0 spiro atoms. The van der Waals surface area contributed by atoms with Crippen LogP contribution in [-0.2, 0) is 7.05 Å². The number of carbonyl (C=O) groups is 1. The summed E-state index contributed by atoms with van der Waals surface area (Å²) in [7, 11) is 3.40. The van der Waals surface area contributed by atoms with E-state index < -0.39 is 0 Å². The smallest absolute Gasteiger partial charge is 0.184 e. The molecule has 4 aromatic rings. The van der Waals surface area contributed by atoms with Gasteiger partial charge in [0.05, 0.1) is 29.6 Å². The van der Waals surface area contributed by atoms with Crippen molar-refractivity contribution in [2.24, 2.45) is 13.0 Å². The molecule has 5 rings (SSSR count). The molecule has 33 heavy (non-hydrogen) atoms. The minimum absolute atomic E-state index is 0.0529. The second-order valence-electron chi connectivity index (χ2n) is 7.74. The van der Waals surface area contributed by atoms with Crippen LogP contribution in [0.4, 0.5) is 23.0 Å². The lowest BCUT2D eigenvalue weighted by Gasteiger charge is -2.17. The molecule has 0 radical (unpaired) electrons. The van der Waals surface area contributed by atoms with Crippen LogP contribution >= 0.6 is 0 Å². The fourth-order valence-corrected chi connectivity index (χ4v) is 3.53. The van der Waals surface area contributed by atoms with Crippen molar-refractivity contribution in [2.75, 3.05) is 17.7 Å². The average Bonchev–Trinajstić information content (AvgIpc) is 3.60. The third-order valence-electron chi connectivity index (χ3n) is 5.27. The minimum atomic E-state index is 0.0529. The van der Waals surface area contributed by atoms with E-state index in [2.05, 4.69) is 35.9 Å². The van der Waals surface area contributed by atoms with Gasteiger partial charge in [-0.2, -0.15) is 10.2 Å². The molecule has 3 aromatic heterocycles. The van der Waals surface area contributed by atoms with E-state index in [0.29, 0.717) is 40.1 Å². The molecule has 166 valence electrons. The second kappa shape index (κ2) is 8.65. The quantitative estimate of drug-likeness (QED) is 0.393. The molecular formula is C23H22N8O2. The van der Waals surface area contributed by atoms with Crippen molar-refractivity contribution in [3.63, 3.8) is 0 Å². The molecular weight excluding hydrogens is 420 g/mol. The van der Waals surface area contributed by atoms with Crippen molar-refractivity contribution in [1.29, 1.82) is 0 Å². The van der Waals surface area contributed by atoms with Gasteiger partial charge in [0, 0.05) is 31.4 Å². The summed E-state index contributed by atoms with van der Waals surface area (Å²) in [6, 6.07) is 11.0. The van der Waals surface area contributed by atoms with Crippen molar-refractivity contribution in [3.8, 4) is 17.1 Å². The highest BCUT2D eigenvalue weighted by Gasteiger charge is 2.32. The van der Waals surface area contributed by atoms with Gasteiger partial charge < -0.3 is 15.4 Å². The number of pyridine rings is 1. The first-order chi connectivity index (χ1) is 16.1. The van der Waals surface area contributed by atoms with E-state index in [1.165, 1.54) is 0 Å². The van der Waals surface area contributed by atoms with Crippen LogP contribution in [0.2, 0.25) is 0 Å². The number of carbonyl (C=O) groups excluding carboxylic acids is 1. The summed E-state index contributed by atoms with van der Waals surface area (Å²) in [4.78, 5) is 21.7. The zero-order valence-electron chi connectivity index (χ0n) is 18.2. The summed E-state index contributed by atoms with van der Waals surface area (Å²) in [6.45, 7) is 0.